The molecule has 1 aromatic carbocycles. The Morgan fingerprint density at radius 2 is 2.24 bits per heavy atom. The summed E-state index contributed by atoms with van der Waals surface area (Å²) in [5.74, 6) is 2.49. The third kappa shape index (κ3) is 3.04. The summed E-state index contributed by atoms with van der Waals surface area (Å²) < 4.78 is 7.95. The molecule has 0 bridgehead atoms. The molecule has 2 aromatic rings. The summed E-state index contributed by atoms with van der Waals surface area (Å²) in [6.45, 7) is 2.98. The van der Waals surface area contributed by atoms with Crippen molar-refractivity contribution in [3.63, 3.8) is 0 Å². The normalized spacial score (nSPS) is 15.6. The molecule has 5 nitrogen and oxygen atoms in total. The van der Waals surface area contributed by atoms with E-state index in [1.54, 1.807) is 25.1 Å². The van der Waals surface area contributed by atoms with Crippen molar-refractivity contribution in [2.75, 3.05) is 0 Å². The van der Waals surface area contributed by atoms with Crippen molar-refractivity contribution < 1.29 is 9.84 Å². The van der Waals surface area contributed by atoms with Crippen molar-refractivity contribution in [3.05, 3.63) is 40.4 Å². The molecule has 0 saturated carbocycles. The van der Waals surface area contributed by atoms with Gasteiger partial charge in [-0.1, -0.05) is 11.6 Å². The summed E-state index contributed by atoms with van der Waals surface area (Å²) >= 11 is 5.96. The summed E-state index contributed by atoms with van der Waals surface area (Å²) in [5, 5.41) is 18.8. The molecule has 3 rings (SSSR count). The van der Waals surface area contributed by atoms with E-state index in [9.17, 15) is 5.11 Å². The van der Waals surface area contributed by atoms with E-state index in [1.807, 2.05) is 0 Å². The Bertz CT molecular complexity index is 640. The van der Waals surface area contributed by atoms with E-state index in [4.69, 9.17) is 16.3 Å². The maximum Gasteiger partial charge on any atom is 0.171 e. The monoisotopic (exact) mass is 307 g/mol. The van der Waals surface area contributed by atoms with Crippen LogP contribution in [0, 0.1) is 0 Å². The summed E-state index contributed by atoms with van der Waals surface area (Å²) in [6, 6.07) is 5.25. The minimum atomic E-state index is -0.633. The molecule has 0 amide bonds. The van der Waals surface area contributed by atoms with Gasteiger partial charge in [0.1, 0.15) is 18.2 Å². The average Bonchev–Trinajstić information content (AvgIpc) is 2.89. The molecule has 1 atom stereocenters. The highest BCUT2D eigenvalue weighted by atomic mass is 35.5. The predicted octanol–water partition coefficient (Wildman–Crippen LogP) is 2.90. The third-order valence-corrected chi connectivity index (χ3v) is 3.95. The van der Waals surface area contributed by atoms with Crippen LogP contribution in [-0.4, -0.2) is 19.9 Å². The van der Waals surface area contributed by atoms with Gasteiger partial charge in [0, 0.05) is 23.6 Å². The van der Waals surface area contributed by atoms with Crippen molar-refractivity contribution in [1.82, 2.24) is 14.8 Å². The highest BCUT2D eigenvalue weighted by Gasteiger charge is 2.17. The Morgan fingerprint density at radius 1 is 1.38 bits per heavy atom. The van der Waals surface area contributed by atoms with Crippen molar-refractivity contribution in [1.29, 1.82) is 0 Å². The molecule has 0 unspecified atom stereocenters. The lowest BCUT2D eigenvalue weighted by molar-refractivity contribution is 0.189. The van der Waals surface area contributed by atoms with E-state index in [2.05, 4.69) is 14.8 Å². The van der Waals surface area contributed by atoms with Crippen LogP contribution >= 0.6 is 11.6 Å². The van der Waals surface area contributed by atoms with Gasteiger partial charge in [-0.25, -0.2) is 0 Å². The second-order valence-electron chi connectivity index (χ2n) is 5.29. The Hall–Kier alpha value is -1.59. The summed E-state index contributed by atoms with van der Waals surface area (Å²) in [6.07, 6.45) is 2.67. The van der Waals surface area contributed by atoms with Crippen molar-refractivity contribution in [2.45, 2.75) is 45.4 Å². The van der Waals surface area contributed by atoms with Gasteiger partial charge in [-0.2, -0.15) is 0 Å². The van der Waals surface area contributed by atoms with Gasteiger partial charge in [-0.05, 0) is 38.0 Å². The van der Waals surface area contributed by atoms with E-state index >= 15 is 0 Å². The predicted molar refractivity (Wildman–Crippen MR) is 79.4 cm³/mol. The Kier molecular flexibility index (Phi) is 4.12. The second kappa shape index (κ2) is 6.03. The molecule has 0 aliphatic carbocycles. The van der Waals surface area contributed by atoms with Crippen molar-refractivity contribution in [2.24, 2.45) is 0 Å². The smallest absolute Gasteiger partial charge is 0.171 e. The minimum Gasteiger partial charge on any atom is -0.485 e. The fourth-order valence-electron chi connectivity index (χ4n) is 2.59. The molecule has 21 heavy (non-hydrogen) atoms. The number of rotatable bonds is 4. The zero-order valence-electron chi connectivity index (χ0n) is 11.9. The second-order valence-corrected chi connectivity index (χ2v) is 5.72. The number of halogens is 1. The molecular weight excluding hydrogens is 290 g/mol. The molecule has 1 aliphatic rings. The van der Waals surface area contributed by atoms with Gasteiger partial charge in [0.2, 0.25) is 0 Å². The van der Waals surface area contributed by atoms with E-state index in [0.717, 1.165) is 31.0 Å². The van der Waals surface area contributed by atoms with Crippen LogP contribution in [0.25, 0.3) is 0 Å². The highest BCUT2D eigenvalue weighted by molar-refractivity contribution is 6.30. The number of fused-ring (bicyclic) bond motifs is 1. The lowest BCUT2D eigenvalue weighted by Gasteiger charge is -2.16. The Balaban J connectivity index is 1.77. The summed E-state index contributed by atoms with van der Waals surface area (Å²) in [5.41, 5.74) is 0.681. The van der Waals surface area contributed by atoms with Gasteiger partial charge in [0.05, 0.1) is 6.10 Å². The van der Waals surface area contributed by atoms with Crippen LogP contribution in [-0.2, 0) is 19.6 Å². The quantitative estimate of drug-likeness (QED) is 0.943. The van der Waals surface area contributed by atoms with E-state index in [1.165, 1.54) is 6.42 Å². The first kappa shape index (κ1) is 14.4. The molecule has 0 radical (unpaired) electrons. The number of benzene rings is 1. The fourth-order valence-corrected chi connectivity index (χ4v) is 2.78. The number of aliphatic hydroxyl groups excluding tert-OH is 1. The minimum absolute atomic E-state index is 0.342. The largest absolute Gasteiger partial charge is 0.485 e. The van der Waals surface area contributed by atoms with Gasteiger partial charge in [0.25, 0.3) is 0 Å². The molecule has 1 N–H and O–H groups in total. The number of ether oxygens (including phenoxy) is 1. The van der Waals surface area contributed by atoms with Crippen LogP contribution in [0.4, 0.5) is 0 Å². The fraction of sp³-hybridized carbons (Fsp3) is 0.467. The molecule has 0 spiro atoms. The molecule has 2 heterocycles. The maximum atomic E-state index is 9.81. The maximum absolute atomic E-state index is 9.81. The van der Waals surface area contributed by atoms with Crippen molar-refractivity contribution >= 4 is 11.6 Å². The topological polar surface area (TPSA) is 60.2 Å². The number of aryl methyl sites for hydroxylation is 1. The lowest BCUT2D eigenvalue weighted by atomic mass is 10.1. The van der Waals surface area contributed by atoms with Crippen LogP contribution in [0.5, 0.6) is 5.75 Å². The number of hydrogen-bond donors (Lipinski definition) is 1. The van der Waals surface area contributed by atoms with Crippen LogP contribution in [0.3, 0.4) is 0 Å². The molecule has 1 aromatic heterocycles. The standard InChI is InChI=1S/C15H18ClN3O2/c1-10(20)12-8-11(16)5-6-13(12)21-9-15-18-17-14-4-2-3-7-19(14)15/h5-6,8,10,20H,2-4,7,9H2,1H3/t10-/m0/s1. The Labute approximate surface area is 128 Å². The van der Waals surface area contributed by atoms with Gasteiger partial charge < -0.3 is 14.4 Å². The lowest BCUT2D eigenvalue weighted by Crippen LogP contribution is -2.14. The zero-order chi connectivity index (χ0) is 14.8. The Morgan fingerprint density at radius 3 is 3.05 bits per heavy atom. The number of hydrogen-bond acceptors (Lipinski definition) is 4. The van der Waals surface area contributed by atoms with Crippen LogP contribution in [0.1, 0.15) is 43.1 Å². The van der Waals surface area contributed by atoms with Crippen molar-refractivity contribution in [3.8, 4) is 5.75 Å². The molecule has 1 aliphatic heterocycles. The first-order chi connectivity index (χ1) is 10.1. The number of aliphatic hydroxyl groups is 1. The molecule has 0 fully saturated rings. The van der Waals surface area contributed by atoms with Gasteiger partial charge in [-0.15, -0.1) is 10.2 Å². The molecule has 112 valence electrons. The van der Waals surface area contributed by atoms with E-state index in [0.29, 0.717) is 22.9 Å². The van der Waals surface area contributed by atoms with Crippen LogP contribution < -0.4 is 4.74 Å². The van der Waals surface area contributed by atoms with Gasteiger partial charge in [-0.3, -0.25) is 0 Å². The SMILES string of the molecule is C[C@H](O)c1cc(Cl)ccc1OCc1nnc2n1CCCC2. The zero-order valence-corrected chi connectivity index (χ0v) is 12.7. The third-order valence-electron chi connectivity index (χ3n) is 3.71. The van der Waals surface area contributed by atoms with Crippen LogP contribution in [0.2, 0.25) is 5.02 Å². The first-order valence-electron chi connectivity index (χ1n) is 7.16. The van der Waals surface area contributed by atoms with Gasteiger partial charge in [0.15, 0.2) is 5.82 Å². The summed E-state index contributed by atoms with van der Waals surface area (Å²) in [7, 11) is 0. The molecule has 0 saturated heterocycles. The number of nitrogens with zero attached hydrogens (tertiary/aromatic N) is 3. The molecule has 6 heteroatoms. The molecular formula is C15H18ClN3O2. The van der Waals surface area contributed by atoms with E-state index < -0.39 is 6.10 Å². The highest BCUT2D eigenvalue weighted by Crippen LogP contribution is 2.29. The van der Waals surface area contributed by atoms with E-state index in [-0.39, 0.29) is 0 Å². The van der Waals surface area contributed by atoms with Crippen LogP contribution in [0.15, 0.2) is 18.2 Å². The number of aromatic nitrogens is 3. The average molecular weight is 308 g/mol. The first-order valence-corrected chi connectivity index (χ1v) is 7.54. The van der Waals surface area contributed by atoms with Gasteiger partial charge >= 0.3 is 0 Å². The summed E-state index contributed by atoms with van der Waals surface area (Å²) in [4.78, 5) is 0.